The third-order valence-corrected chi connectivity index (χ3v) is 3.34. The van der Waals surface area contributed by atoms with Crippen molar-refractivity contribution in [2.45, 2.75) is 12.5 Å². The summed E-state index contributed by atoms with van der Waals surface area (Å²) >= 11 is 5.85. The van der Waals surface area contributed by atoms with Crippen molar-refractivity contribution in [3.05, 3.63) is 29.3 Å². The monoisotopic (exact) mass is 312 g/mol. The first-order valence-corrected chi connectivity index (χ1v) is 7.02. The molecule has 1 saturated heterocycles. The molecule has 0 aromatic heterocycles. The molecule has 0 spiro atoms. The topological polar surface area (TPSA) is 78.9 Å². The van der Waals surface area contributed by atoms with Gasteiger partial charge in [0.25, 0.3) is 0 Å². The zero-order valence-corrected chi connectivity index (χ0v) is 12.2. The van der Waals surface area contributed by atoms with Crippen molar-refractivity contribution >= 4 is 29.2 Å². The number of anilines is 1. The fourth-order valence-electron chi connectivity index (χ4n) is 2.21. The van der Waals surface area contributed by atoms with Gasteiger partial charge in [0.1, 0.15) is 0 Å². The van der Waals surface area contributed by atoms with Gasteiger partial charge in [0.2, 0.25) is 5.91 Å². The molecule has 1 unspecified atom stereocenters. The molecule has 1 heterocycles. The van der Waals surface area contributed by atoms with Crippen molar-refractivity contribution in [1.29, 1.82) is 0 Å². The average molecular weight is 313 g/mol. The van der Waals surface area contributed by atoms with Crippen LogP contribution in [0.15, 0.2) is 24.3 Å². The maximum Gasteiger partial charge on any atom is 0.306 e. The van der Waals surface area contributed by atoms with Gasteiger partial charge < -0.3 is 15.2 Å². The number of halogens is 1. The van der Waals surface area contributed by atoms with Crippen molar-refractivity contribution in [3.63, 3.8) is 0 Å². The molecular formula is C14H17ClN2O4. The predicted octanol–water partition coefficient (Wildman–Crippen LogP) is 1.45. The van der Waals surface area contributed by atoms with E-state index in [0.717, 1.165) is 0 Å². The lowest BCUT2D eigenvalue weighted by atomic mass is 10.2. The predicted molar refractivity (Wildman–Crippen MR) is 78.5 cm³/mol. The summed E-state index contributed by atoms with van der Waals surface area (Å²) in [6.45, 7) is 1.68. The molecule has 1 aliphatic rings. The standard InChI is InChI=1S/C14H17ClN2O4/c15-10-2-1-3-11(6-10)16-13(18)9-17-4-5-21-12(8-17)7-14(19)20/h1-3,6,12H,4-5,7-9H2,(H,16,18)(H,19,20). The van der Waals surface area contributed by atoms with Gasteiger partial charge in [-0.1, -0.05) is 17.7 Å². The van der Waals surface area contributed by atoms with Crippen molar-refractivity contribution in [2.24, 2.45) is 0 Å². The van der Waals surface area contributed by atoms with Crippen LogP contribution in [0.25, 0.3) is 0 Å². The van der Waals surface area contributed by atoms with Crippen LogP contribution in [0.2, 0.25) is 5.02 Å². The van der Waals surface area contributed by atoms with Gasteiger partial charge in [-0.15, -0.1) is 0 Å². The van der Waals surface area contributed by atoms with Crippen LogP contribution in [0.5, 0.6) is 0 Å². The number of morpholine rings is 1. The van der Waals surface area contributed by atoms with E-state index in [0.29, 0.717) is 30.4 Å². The Morgan fingerprint density at radius 3 is 3.00 bits per heavy atom. The molecule has 1 atom stereocenters. The Balaban J connectivity index is 1.83. The van der Waals surface area contributed by atoms with E-state index >= 15 is 0 Å². The van der Waals surface area contributed by atoms with Gasteiger partial charge in [-0.2, -0.15) is 0 Å². The molecule has 114 valence electrons. The van der Waals surface area contributed by atoms with Gasteiger partial charge in [0.05, 0.1) is 25.7 Å². The summed E-state index contributed by atoms with van der Waals surface area (Å²) in [5, 5.41) is 12.1. The maximum absolute atomic E-state index is 12.0. The quantitative estimate of drug-likeness (QED) is 0.860. The van der Waals surface area contributed by atoms with Crippen LogP contribution in [0.1, 0.15) is 6.42 Å². The van der Waals surface area contributed by atoms with E-state index in [-0.39, 0.29) is 25.0 Å². The van der Waals surface area contributed by atoms with Gasteiger partial charge in [0.15, 0.2) is 0 Å². The minimum absolute atomic E-state index is 0.0492. The molecule has 0 bridgehead atoms. The molecule has 0 aliphatic carbocycles. The van der Waals surface area contributed by atoms with Crippen LogP contribution in [-0.4, -0.2) is 54.2 Å². The summed E-state index contributed by atoms with van der Waals surface area (Å²) in [4.78, 5) is 24.5. The molecule has 1 aromatic carbocycles. The second-order valence-corrected chi connectivity index (χ2v) is 5.32. The third kappa shape index (κ3) is 5.34. The second kappa shape index (κ2) is 7.40. The number of hydrogen-bond donors (Lipinski definition) is 2. The Labute approximate surface area is 127 Å². The number of carboxylic acids is 1. The lowest BCUT2D eigenvalue weighted by molar-refractivity contribution is -0.142. The van der Waals surface area contributed by atoms with Gasteiger partial charge in [-0.3, -0.25) is 14.5 Å². The molecular weight excluding hydrogens is 296 g/mol. The number of nitrogens with one attached hydrogen (secondary N) is 1. The molecule has 0 saturated carbocycles. The molecule has 1 amide bonds. The first-order valence-electron chi connectivity index (χ1n) is 6.64. The van der Waals surface area contributed by atoms with E-state index in [1.54, 1.807) is 24.3 Å². The minimum Gasteiger partial charge on any atom is -0.481 e. The summed E-state index contributed by atoms with van der Waals surface area (Å²) < 4.78 is 5.36. The van der Waals surface area contributed by atoms with Crippen LogP contribution < -0.4 is 5.32 Å². The number of carbonyl (C=O) groups is 2. The fourth-order valence-corrected chi connectivity index (χ4v) is 2.40. The molecule has 1 fully saturated rings. The van der Waals surface area contributed by atoms with Crippen LogP contribution in [0, 0.1) is 0 Å². The highest BCUT2D eigenvalue weighted by atomic mass is 35.5. The Hall–Kier alpha value is -1.63. The van der Waals surface area contributed by atoms with Crippen LogP contribution >= 0.6 is 11.6 Å². The van der Waals surface area contributed by atoms with E-state index in [4.69, 9.17) is 21.4 Å². The Bertz CT molecular complexity index is 523. The van der Waals surface area contributed by atoms with E-state index in [1.807, 2.05) is 4.90 Å². The van der Waals surface area contributed by atoms with Crippen molar-refractivity contribution in [1.82, 2.24) is 4.90 Å². The van der Waals surface area contributed by atoms with Crippen LogP contribution in [0.4, 0.5) is 5.69 Å². The van der Waals surface area contributed by atoms with E-state index in [2.05, 4.69) is 5.32 Å². The number of hydrogen-bond acceptors (Lipinski definition) is 4. The highest BCUT2D eigenvalue weighted by Crippen LogP contribution is 2.15. The van der Waals surface area contributed by atoms with Gasteiger partial charge in [0, 0.05) is 23.8 Å². The largest absolute Gasteiger partial charge is 0.481 e. The molecule has 2 rings (SSSR count). The lowest BCUT2D eigenvalue weighted by Gasteiger charge is -2.31. The molecule has 21 heavy (non-hydrogen) atoms. The number of carbonyl (C=O) groups excluding carboxylic acids is 1. The molecule has 1 aromatic rings. The van der Waals surface area contributed by atoms with Crippen molar-refractivity contribution in [2.75, 3.05) is 31.6 Å². The van der Waals surface area contributed by atoms with Crippen LogP contribution in [0.3, 0.4) is 0 Å². The van der Waals surface area contributed by atoms with Crippen molar-refractivity contribution in [3.8, 4) is 0 Å². The number of rotatable bonds is 5. The van der Waals surface area contributed by atoms with E-state index in [1.165, 1.54) is 0 Å². The maximum atomic E-state index is 12.0. The first kappa shape index (κ1) is 15.8. The number of ether oxygens (including phenoxy) is 1. The van der Waals surface area contributed by atoms with Gasteiger partial charge in [-0.25, -0.2) is 0 Å². The highest BCUT2D eigenvalue weighted by Gasteiger charge is 2.24. The summed E-state index contributed by atoms with van der Waals surface area (Å²) in [7, 11) is 0. The van der Waals surface area contributed by atoms with E-state index < -0.39 is 5.97 Å². The van der Waals surface area contributed by atoms with Gasteiger partial charge >= 0.3 is 5.97 Å². The molecule has 7 heteroatoms. The Morgan fingerprint density at radius 2 is 2.29 bits per heavy atom. The summed E-state index contributed by atoms with van der Waals surface area (Å²) in [6.07, 6.45) is -0.415. The summed E-state index contributed by atoms with van der Waals surface area (Å²) in [5.74, 6) is -1.06. The summed E-state index contributed by atoms with van der Waals surface area (Å²) in [6, 6.07) is 6.92. The molecule has 0 radical (unpaired) electrons. The first-order chi connectivity index (χ1) is 10.0. The van der Waals surface area contributed by atoms with E-state index in [9.17, 15) is 9.59 Å². The normalized spacial score (nSPS) is 19.2. The SMILES string of the molecule is O=C(O)CC1CN(CC(=O)Nc2cccc(Cl)c2)CCO1. The molecule has 1 aliphatic heterocycles. The number of carboxylic acid groups (broad SMARTS) is 1. The zero-order chi connectivity index (χ0) is 15.2. The Morgan fingerprint density at radius 1 is 1.48 bits per heavy atom. The minimum atomic E-state index is -0.898. The Kier molecular flexibility index (Phi) is 5.55. The smallest absolute Gasteiger partial charge is 0.306 e. The number of nitrogens with zero attached hydrogens (tertiary/aromatic N) is 1. The van der Waals surface area contributed by atoms with Crippen LogP contribution in [-0.2, 0) is 14.3 Å². The highest BCUT2D eigenvalue weighted by molar-refractivity contribution is 6.30. The third-order valence-electron chi connectivity index (χ3n) is 3.10. The number of aliphatic carboxylic acids is 1. The average Bonchev–Trinajstić information content (AvgIpc) is 2.37. The van der Waals surface area contributed by atoms with Gasteiger partial charge in [-0.05, 0) is 18.2 Å². The van der Waals surface area contributed by atoms with Crippen molar-refractivity contribution < 1.29 is 19.4 Å². The number of amides is 1. The fraction of sp³-hybridized carbons (Fsp3) is 0.429. The summed E-state index contributed by atoms with van der Waals surface area (Å²) in [5.41, 5.74) is 0.642. The number of benzene rings is 1. The molecule has 6 nitrogen and oxygen atoms in total. The molecule has 2 N–H and O–H groups in total. The zero-order valence-electron chi connectivity index (χ0n) is 11.4. The second-order valence-electron chi connectivity index (χ2n) is 4.88. The lowest BCUT2D eigenvalue weighted by Crippen LogP contribution is -2.46.